The van der Waals surface area contributed by atoms with Crippen LogP contribution in [0.3, 0.4) is 0 Å². The van der Waals surface area contributed by atoms with Crippen molar-refractivity contribution in [1.29, 1.82) is 0 Å². The number of fused-ring (bicyclic) bond motifs is 1. The van der Waals surface area contributed by atoms with Crippen LogP contribution in [0.5, 0.6) is 0 Å². The number of carbonyl (C=O) groups is 1. The highest BCUT2D eigenvalue weighted by Crippen LogP contribution is 2.50. The van der Waals surface area contributed by atoms with Crippen LogP contribution in [-0.2, 0) is 0 Å². The number of rotatable bonds is 2. The minimum atomic E-state index is -0.741. The SMILES string of the molecule is NC(=O)N(N=O)C1[C@H]2CC=CC[C@@H]12. The molecule has 1 saturated carbocycles. The van der Waals surface area contributed by atoms with Crippen molar-refractivity contribution in [3.8, 4) is 0 Å². The molecule has 2 amide bonds. The van der Waals surface area contributed by atoms with Crippen LogP contribution < -0.4 is 5.73 Å². The van der Waals surface area contributed by atoms with Crippen molar-refractivity contribution in [2.75, 3.05) is 0 Å². The van der Waals surface area contributed by atoms with E-state index >= 15 is 0 Å². The summed E-state index contributed by atoms with van der Waals surface area (Å²) in [5, 5.41) is 3.53. The van der Waals surface area contributed by atoms with E-state index in [0.29, 0.717) is 11.8 Å². The van der Waals surface area contributed by atoms with Crippen LogP contribution in [0.25, 0.3) is 0 Å². The largest absolute Gasteiger partial charge is 0.350 e. The lowest BCUT2D eigenvalue weighted by Crippen LogP contribution is -2.34. The van der Waals surface area contributed by atoms with Gasteiger partial charge < -0.3 is 5.73 Å². The summed E-state index contributed by atoms with van der Waals surface area (Å²) in [5.74, 6) is 0.797. The maximum Gasteiger partial charge on any atom is 0.338 e. The lowest BCUT2D eigenvalue weighted by molar-refractivity contribution is 0.201. The van der Waals surface area contributed by atoms with Crippen molar-refractivity contribution >= 4 is 6.03 Å². The number of urea groups is 1. The fourth-order valence-electron chi connectivity index (χ4n) is 2.16. The molecule has 5 nitrogen and oxygen atoms in total. The van der Waals surface area contributed by atoms with Gasteiger partial charge in [0.2, 0.25) is 0 Å². The number of primary amides is 1. The molecular formula is C8H11N3O2. The molecule has 0 radical (unpaired) electrons. The van der Waals surface area contributed by atoms with Gasteiger partial charge in [-0.3, -0.25) is 0 Å². The Bertz CT molecular complexity index is 263. The summed E-state index contributed by atoms with van der Waals surface area (Å²) < 4.78 is 0. The van der Waals surface area contributed by atoms with Gasteiger partial charge in [0.15, 0.2) is 0 Å². The average molecular weight is 181 g/mol. The number of nitroso groups, excluding NO2 is 1. The van der Waals surface area contributed by atoms with E-state index in [1.165, 1.54) is 0 Å². The molecule has 2 rings (SSSR count). The van der Waals surface area contributed by atoms with E-state index in [9.17, 15) is 9.70 Å². The van der Waals surface area contributed by atoms with Gasteiger partial charge in [-0.2, -0.15) is 5.01 Å². The molecule has 0 bridgehead atoms. The van der Waals surface area contributed by atoms with E-state index in [-0.39, 0.29) is 6.04 Å². The molecule has 70 valence electrons. The molecule has 1 unspecified atom stereocenters. The number of hydrogen-bond acceptors (Lipinski definition) is 3. The van der Waals surface area contributed by atoms with E-state index in [0.717, 1.165) is 17.9 Å². The first-order valence-corrected chi connectivity index (χ1v) is 4.32. The van der Waals surface area contributed by atoms with Crippen molar-refractivity contribution in [3.05, 3.63) is 17.1 Å². The molecule has 2 aliphatic carbocycles. The molecule has 13 heavy (non-hydrogen) atoms. The highest BCUT2D eigenvalue weighted by molar-refractivity contribution is 5.72. The third-order valence-corrected chi connectivity index (χ3v) is 2.87. The average Bonchev–Trinajstić information content (AvgIpc) is 2.81. The van der Waals surface area contributed by atoms with E-state index in [1.54, 1.807) is 0 Å². The maximum atomic E-state index is 10.8. The Balaban J connectivity index is 2.04. The normalized spacial score (nSPS) is 34.9. The smallest absolute Gasteiger partial charge is 0.338 e. The fourth-order valence-corrected chi connectivity index (χ4v) is 2.16. The summed E-state index contributed by atoms with van der Waals surface area (Å²) >= 11 is 0. The van der Waals surface area contributed by atoms with Crippen molar-refractivity contribution in [2.45, 2.75) is 18.9 Å². The minimum Gasteiger partial charge on any atom is -0.350 e. The molecule has 1 fully saturated rings. The fraction of sp³-hybridized carbons (Fsp3) is 0.625. The highest BCUT2D eigenvalue weighted by atomic mass is 16.3. The molecule has 5 heteroatoms. The first-order valence-electron chi connectivity index (χ1n) is 4.32. The van der Waals surface area contributed by atoms with Gasteiger partial charge in [0, 0.05) is 0 Å². The van der Waals surface area contributed by atoms with Crippen molar-refractivity contribution in [2.24, 2.45) is 22.9 Å². The van der Waals surface area contributed by atoms with Gasteiger partial charge in [0.25, 0.3) is 0 Å². The first-order chi connectivity index (χ1) is 6.25. The van der Waals surface area contributed by atoms with Crippen LogP contribution in [0.2, 0.25) is 0 Å². The standard InChI is InChI=1S/C8H11N3O2/c9-8(12)11(10-13)7-5-3-1-2-4-6(5)7/h1-2,5-7H,3-4H2,(H2,9,12)/t5-,6+,7?. The molecule has 0 aromatic carbocycles. The van der Waals surface area contributed by atoms with Crippen molar-refractivity contribution in [1.82, 2.24) is 5.01 Å². The Morgan fingerprint density at radius 1 is 1.38 bits per heavy atom. The Hall–Kier alpha value is -1.39. The second-order valence-electron chi connectivity index (χ2n) is 3.53. The van der Waals surface area contributed by atoms with Gasteiger partial charge in [0.1, 0.15) is 0 Å². The highest BCUT2D eigenvalue weighted by Gasteiger charge is 2.55. The zero-order chi connectivity index (χ0) is 9.42. The number of nitrogens with two attached hydrogens (primary N) is 1. The van der Waals surface area contributed by atoms with Crippen LogP contribution in [0.15, 0.2) is 17.4 Å². The predicted molar refractivity (Wildman–Crippen MR) is 46.4 cm³/mol. The summed E-state index contributed by atoms with van der Waals surface area (Å²) in [7, 11) is 0. The van der Waals surface area contributed by atoms with Crippen LogP contribution >= 0.6 is 0 Å². The molecule has 0 heterocycles. The van der Waals surface area contributed by atoms with E-state index in [2.05, 4.69) is 17.4 Å². The number of carbonyl (C=O) groups excluding carboxylic acids is 1. The Morgan fingerprint density at radius 2 is 1.92 bits per heavy atom. The maximum absolute atomic E-state index is 10.8. The minimum absolute atomic E-state index is 0.0509. The predicted octanol–water partition coefficient (Wildman–Crippen LogP) is 1.01. The summed E-state index contributed by atoms with van der Waals surface area (Å²) in [4.78, 5) is 21.1. The van der Waals surface area contributed by atoms with Crippen LogP contribution in [0.4, 0.5) is 4.79 Å². The first kappa shape index (κ1) is 8.22. The Kier molecular flexibility index (Phi) is 1.79. The summed E-state index contributed by atoms with van der Waals surface area (Å²) in [6, 6.07) is -0.792. The van der Waals surface area contributed by atoms with Gasteiger partial charge in [-0.15, -0.1) is 4.91 Å². The molecule has 2 N–H and O–H groups in total. The zero-order valence-corrected chi connectivity index (χ0v) is 7.09. The van der Waals surface area contributed by atoms with E-state index in [1.807, 2.05) is 0 Å². The second kappa shape index (κ2) is 2.83. The molecule has 0 spiro atoms. The van der Waals surface area contributed by atoms with Crippen LogP contribution in [-0.4, -0.2) is 17.1 Å². The number of amides is 2. The monoisotopic (exact) mass is 181 g/mol. The van der Waals surface area contributed by atoms with Gasteiger partial charge >= 0.3 is 6.03 Å². The number of nitrogens with zero attached hydrogens (tertiary/aromatic N) is 2. The molecule has 0 aliphatic heterocycles. The quantitative estimate of drug-likeness (QED) is 0.392. The van der Waals surface area contributed by atoms with Crippen LogP contribution in [0, 0.1) is 16.7 Å². The van der Waals surface area contributed by atoms with Gasteiger partial charge in [0.05, 0.1) is 11.3 Å². The Morgan fingerprint density at radius 3 is 2.31 bits per heavy atom. The van der Waals surface area contributed by atoms with Gasteiger partial charge in [-0.25, -0.2) is 4.79 Å². The van der Waals surface area contributed by atoms with Crippen molar-refractivity contribution in [3.63, 3.8) is 0 Å². The molecular weight excluding hydrogens is 170 g/mol. The second-order valence-corrected chi connectivity index (χ2v) is 3.53. The van der Waals surface area contributed by atoms with Crippen LogP contribution in [0.1, 0.15) is 12.8 Å². The number of allylic oxidation sites excluding steroid dienone is 2. The third kappa shape index (κ3) is 1.20. The molecule has 0 aromatic heterocycles. The zero-order valence-electron chi connectivity index (χ0n) is 7.09. The summed E-state index contributed by atoms with van der Waals surface area (Å²) in [6.45, 7) is 0. The molecule has 2 aliphatic rings. The summed E-state index contributed by atoms with van der Waals surface area (Å²) in [6.07, 6.45) is 6.00. The van der Waals surface area contributed by atoms with Crippen molar-refractivity contribution < 1.29 is 4.79 Å². The lowest BCUT2D eigenvalue weighted by atomic mass is 10.1. The van der Waals surface area contributed by atoms with Gasteiger partial charge in [-0.05, 0) is 24.7 Å². The van der Waals surface area contributed by atoms with E-state index < -0.39 is 6.03 Å². The molecule has 0 aromatic rings. The molecule has 0 saturated heterocycles. The number of hydrogen-bond donors (Lipinski definition) is 1. The topological polar surface area (TPSA) is 75.8 Å². The molecule has 3 atom stereocenters. The van der Waals surface area contributed by atoms with E-state index in [4.69, 9.17) is 5.73 Å². The lowest BCUT2D eigenvalue weighted by Gasteiger charge is -2.08. The van der Waals surface area contributed by atoms with Gasteiger partial charge in [-0.1, -0.05) is 12.2 Å². The summed E-state index contributed by atoms with van der Waals surface area (Å²) in [5.41, 5.74) is 5.02. The Labute approximate surface area is 75.5 Å². The third-order valence-electron chi connectivity index (χ3n) is 2.87.